The molecular formula is C6H12Ge. The van der Waals surface area contributed by atoms with Crippen molar-refractivity contribution in [1.29, 1.82) is 0 Å². The minimum absolute atomic E-state index is 1.56. The summed E-state index contributed by atoms with van der Waals surface area (Å²) in [5.74, 6) is 4.50. The molecule has 1 heteroatoms. The first kappa shape index (κ1) is 7.02. The van der Waals surface area contributed by atoms with Gasteiger partial charge < -0.3 is 0 Å². The second kappa shape index (κ2) is 2.36. The van der Waals surface area contributed by atoms with Crippen LogP contribution in [0.2, 0.25) is 11.5 Å². The van der Waals surface area contributed by atoms with Gasteiger partial charge in [0.25, 0.3) is 0 Å². The van der Waals surface area contributed by atoms with Gasteiger partial charge in [-0.3, -0.25) is 0 Å². The van der Waals surface area contributed by atoms with Crippen LogP contribution in [-0.2, 0) is 0 Å². The van der Waals surface area contributed by atoms with Gasteiger partial charge in [0.05, 0.1) is 0 Å². The van der Waals surface area contributed by atoms with Crippen molar-refractivity contribution in [2.75, 3.05) is 0 Å². The zero-order chi connectivity index (χ0) is 5.91. The Kier molecular flexibility index (Phi) is 2.37. The molecule has 0 aliphatic carbocycles. The molecule has 0 nitrogen and oxygen atoms in total. The first-order valence-electron chi connectivity index (χ1n) is 2.39. The molecule has 0 saturated heterocycles. The molecule has 0 heterocycles. The third kappa shape index (κ3) is 2.69. The Morgan fingerprint density at radius 3 is 1.43 bits per heavy atom. The van der Waals surface area contributed by atoms with Crippen molar-refractivity contribution in [2.24, 2.45) is 0 Å². The van der Waals surface area contributed by atoms with Crippen molar-refractivity contribution in [3.05, 3.63) is 23.0 Å². The van der Waals surface area contributed by atoms with E-state index in [-0.39, 0.29) is 0 Å². The van der Waals surface area contributed by atoms with Gasteiger partial charge in [0.2, 0.25) is 0 Å². The summed E-state index contributed by atoms with van der Waals surface area (Å²) in [5, 5.41) is 0. The van der Waals surface area contributed by atoms with Crippen LogP contribution in [0, 0.1) is 0 Å². The fraction of sp³-hybridized carbons (Fsp3) is 0.333. The molecule has 0 spiro atoms. The molecule has 0 amide bonds. The van der Waals surface area contributed by atoms with Gasteiger partial charge in [-0.2, -0.15) is 0 Å². The van der Waals surface area contributed by atoms with Crippen LogP contribution < -0.4 is 0 Å². The van der Waals surface area contributed by atoms with E-state index >= 15 is 0 Å². The Labute approximate surface area is 48.3 Å². The molecular weight excluding hydrogens is 145 g/mol. The summed E-state index contributed by atoms with van der Waals surface area (Å²) in [6.45, 7) is 7.43. The van der Waals surface area contributed by atoms with Crippen LogP contribution in [0.25, 0.3) is 0 Å². The molecule has 40 valence electrons. The van der Waals surface area contributed by atoms with E-state index in [0.29, 0.717) is 0 Å². The predicted molar refractivity (Wildman–Crippen MR) is 37.9 cm³/mol. The minimum atomic E-state index is -1.56. The monoisotopic (exact) mass is 158 g/mol. The average molecular weight is 157 g/mol. The molecule has 0 aromatic rings. The fourth-order valence-corrected chi connectivity index (χ4v) is 0.433. The van der Waals surface area contributed by atoms with Crippen LogP contribution in [0.1, 0.15) is 0 Å². The van der Waals surface area contributed by atoms with E-state index in [4.69, 9.17) is 0 Å². The van der Waals surface area contributed by atoms with E-state index in [9.17, 15) is 0 Å². The molecule has 7 heavy (non-hydrogen) atoms. The molecule has 0 saturated carbocycles. The standard InChI is InChI=1S/C6H12Ge/c1-5-7(3,4)6-2/h5-6H,1-2H2,3-4H3. The number of rotatable bonds is 2. The Balaban J connectivity index is 3.82. The molecule has 0 radical (unpaired) electrons. The Bertz CT molecular complexity index is 72.2. The van der Waals surface area contributed by atoms with Crippen LogP contribution in [0.4, 0.5) is 0 Å². The van der Waals surface area contributed by atoms with Gasteiger partial charge in [-0.05, 0) is 0 Å². The Hall–Kier alpha value is 0.0229. The van der Waals surface area contributed by atoms with E-state index in [0.717, 1.165) is 0 Å². The molecule has 0 bridgehead atoms. The van der Waals surface area contributed by atoms with E-state index in [2.05, 4.69) is 34.5 Å². The first-order valence-corrected chi connectivity index (χ1v) is 9.01. The molecule has 0 fully saturated rings. The summed E-state index contributed by atoms with van der Waals surface area (Å²) in [6, 6.07) is 0. The SMILES string of the molecule is C=[CH][Ge]([CH3])([CH3])[CH]=C. The van der Waals surface area contributed by atoms with Gasteiger partial charge in [0, 0.05) is 0 Å². The molecule has 0 aliphatic rings. The third-order valence-corrected chi connectivity index (χ3v) is 5.47. The first-order chi connectivity index (χ1) is 3.12. The van der Waals surface area contributed by atoms with E-state index < -0.39 is 13.3 Å². The van der Waals surface area contributed by atoms with Crippen molar-refractivity contribution in [3.8, 4) is 0 Å². The van der Waals surface area contributed by atoms with Crippen LogP contribution in [0.15, 0.2) is 23.0 Å². The van der Waals surface area contributed by atoms with Crippen LogP contribution in [-0.4, -0.2) is 13.3 Å². The van der Waals surface area contributed by atoms with E-state index in [1.54, 1.807) is 0 Å². The van der Waals surface area contributed by atoms with Gasteiger partial charge in [0.1, 0.15) is 0 Å². The van der Waals surface area contributed by atoms with Crippen molar-refractivity contribution in [1.82, 2.24) is 0 Å². The third-order valence-electron chi connectivity index (χ3n) is 1.05. The van der Waals surface area contributed by atoms with E-state index in [1.165, 1.54) is 0 Å². The average Bonchev–Trinajstić information content (AvgIpc) is 1.68. The van der Waals surface area contributed by atoms with Crippen molar-refractivity contribution >= 4 is 13.3 Å². The topological polar surface area (TPSA) is 0 Å². The zero-order valence-electron chi connectivity index (χ0n) is 5.07. The fourth-order valence-electron chi connectivity index (χ4n) is 0.0833. The quantitative estimate of drug-likeness (QED) is 0.538. The summed E-state index contributed by atoms with van der Waals surface area (Å²) < 4.78 is 0. The molecule has 0 N–H and O–H groups in total. The van der Waals surface area contributed by atoms with Crippen molar-refractivity contribution in [2.45, 2.75) is 11.5 Å². The number of hydrogen-bond donors (Lipinski definition) is 0. The van der Waals surface area contributed by atoms with Gasteiger partial charge in [-0.25, -0.2) is 0 Å². The predicted octanol–water partition coefficient (Wildman–Crippen LogP) is 2.15. The molecule has 0 aromatic carbocycles. The summed E-state index contributed by atoms with van der Waals surface area (Å²) in [4.78, 5) is 4.12. The van der Waals surface area contributed by atoms with Crippen LogP contribution >= 0.6 is 0 Å². The number of hydrogen-bond acceptors (Lipinski definition) is 0. The molecule has 0 aliphatic heterocycles. The van der Waals surface area contributed by atoms with Gasteiger partial charge in [-0.1, -0.05) is 0 Å². The van der Waals surface area contributed by atoms with Crippen molar-refractivity contribution in [3.63, 3.8) is 0 Å². The summed E-state index contributed by atoms with van der Waals surface area (Å²) in [7, 11) is 0. The Morgan fingerprint density at radius 1 is 1.14 bits per heavy atom. The maximum atomic E-state index is 3.72. The summed E-state index contributed by atoms with van der Waals surface area (Å²) in [6.07, 6.45) is 0. The molecule has 0 unspecified atom stereocenters. The van der Waals surface area contributed by atoms with E-state index in [1.807, 2.05) is 0 Å². The van der Waals surface area contributed by atoms with Crippen LogP contribution in [0.5, 0.6) is 0 Å². The summed E-state index contributed by atoms with van der Waals surface area (Å²) >= 11 is -1.56. The molecule has 0 rings (SSSR count). The van der Waals surface area contributed by atoms with Gasteiger partial charge in [-0.15, -0.1) is 0 Å². The van der Waals surface area contributed by atoms with Crippen molar-refractivity contribution < 1.29 is 0 Å². The molecule has 0 aromatic heterocycles. The van der Waals surface area contributed by atoms with Gasteiger partial charge >= 0.3 is 47.8 Å². The maximum absolute atomic E-state index is 3.72. The second-order valence-electron chi connectivity index (χ2n) is 2.23. The van der Waals surface area contributed by atoms with Gasteiger partial charge in [0.15, 0.2) is 0 Å². The zero-order valence-corrected chi connectivity index (χ0v) is 7.17. The Morgan fingerprint density at radius 2 is 1.43 bits per heavy atom. The molecule has 0 atom stereocenters. The van der Waals surface area contributed by atoms with Crippen LogP contribution in [0.3, 0.4) is 0 Å². The normalized spacial score (nSPS) is 10.6. The summed E-state index contributed by atoms with van der Waals surface area (Å²) in [5.41, 5.74) is 0. The second-order valence-corrected chi connectivity index (χ2v) is 11.6.